The lowest BCUT2D eigenvalue weighted by Gasteiger charge is -2.08. The summed E-state index contributed by atoms with van der Waals surface area (Å²) >= 11 is 0. The van der Waals surface area contributed by atoms with Gasteiger partial charge in [-0.3, -0.25) is 0 Å². The summed E-state index contributed by atoms with van der Waals surface area (Å²) in [6.07, 6.45) is 1.13. The Labute approximate surface area is 97.0 Å². The van der Waals surface area contributed by atoms with E-state index in [1.165, 1.54) is 0 Å². The summed E-state index contributed by atoms with van der Waals surface area (Å²) in [5.74, 6) is 0.829. The monoisotopic (exact) mass is 218 g/mol. The van der Waals surface area contributed by atoms with Gasteiger partial charge in [0.1, 0.15) is 12.4 Å². The lowest BCUT2D eigenvalue weighted by molar-refractivity contribution is 0.314. The third kappa shape index (κ3) is 3.92. The number of hydrogen-bond donors (Lipinski definition) is 1. The Balaban J connectivity index is 2.38. The van der Waals surface area contributed by atoms with E-state index in [0.29, 0.717) is 12.2 Å². The molecule has 0 amide bonds. The Morgan fingerprint density at radius 1 is 1.38 bits per heavy atom. The molecule has 0 fully saturated rings. The molecule has 0 spiro atoms. The molecule has 16 heavy (non-hydrogen) atoms. The van der Waals surface area contributed by atoms with Crippen molar-refractivity contribution in [2.45, 2.75) is 20.3 Å². The van der Waals surface area contributed by atoms with Crippen LogP contribution in [-0.2, 0) is 0 Å². The molecule has 0 aliphatic carbocycles. The van der Waals surface area contributed by atoms with Gasteiger partial charge in [0.05, 0.1) is 11.6 Å². The van der Waals surface area contributed by atoms with E-state index in [-0.39, 0.29) is 0 Å². The number of rotatable bonds is 6. The molecule has 1 N–H and O–H groups in total. The van der Waals surface area contributed by atoms with E-state index in [1.54, 1.807) is 6.07 Å². The SMILES string of the molecule is CCCNCCOc1ccc(C#N)c(C)c1. The van der Waals surface area contributed by atoms with Crippen LogP contribution < -0.4 is 10.1 Å². The molecule has 0 radical (unpaired) electrons. The predicted molar refractivity (Wildman–Crippen MR) is 64.5 cm³/mol. The van der Waals surface area contributed by atoms with Crippen molar-refractivity contribution < 1.29 is 4.74 Å². The summed E-state index contributed by atoms with van der Waals surface area (Å²) in [5, 5.41) is 12.0. The zero-order valence-corrected chi connectivity index (χ0v) is 9.92. The van der Waals surface area contributed by atoms with Crippen molar-refractivity contribution in [3.05, 3.63) is 29.3 Å². The summed E-state index contributed by atoms with van der Waals surface area (Å²) < 4.78 is 5.56. The molecule has 0 heterocycles. The van der Waals surface area contributed by atoms with Crippen molar-refractivity contribution in [1.82, 2.24) is 5.32 Å². The van der Waals surface area contributed by atoms with Gasteiger partial charge in [-0.2, -0.15) is 5.26 Å². The van der Waals surface area contributed by atoms with Gasteiger partial charge in [-0.1, -0.05) is 6.92 Å². The van der Waals surface area contributed by atoms with E-state index in [0.717, 1.165) is 30.8 Å². The van der Waals surface area contributed by atoms with Gasteiger partial charge in [-0.05, 0) is 43.7 Å². The Kier molecular flexibility index (Phi) is 5.38. The maximum absolute atomic E-state index is 8.78. The molecule has 0 saturated carbocycles. The molecule has 0 aliphatic heterocycles. The van der Waals surface area contributed by atoms with Gasteiger partial charge in [-0.25, -0.2) is 0 Å². The normalized spacial score (nSPS) is 9.81. The van der Waals surface area contributed by atoms with Gasteiger partial charge in [0.15, 0.2) is 0 Å². The van der Waals surface area contributed by atoms with E-state index in [9.17, 15) is 0 Å². The van der Waals surface area contributed by atoms with Gasteiger partial charge in [0.2, 0.25) is 0 Å². The Bertz CT molecular complexity index is 369. The first-order valence-electron chi connectivity index (χ1n) is 5.62. The lowest BCUT2D eigenvalue weighted by atomic mass is 10.1. The molecule has 0 atom stereocenters. The summed E-state index contributed by atoms with van der Waals surface area (Å²) in [6.45, 7) is 6.59. The molecular formula is C13H18N2O. The zero-order chi connectivity index (χ0) is 11.8. The van der Waals surface area contributed by atoms with E-state index in [4.69, 9.17) is 10.00 Å². The van der Waals surface area contributed by atoms with Gasteiger partial charge >= 0.3 is 0 Å². The fourth-order valence-electron chi connectivity index (χ4n) is 1.39. The van der Waals surface area contributed by atoms with E-state index in [1.807, 2.05) is 19.1 Å². The maximum Gasteiger partial charge on any atom is 0.119 e. The van der Waals surface area contributed by atoms with Crippen LogP contribution >= 0.6 is 0 Å². The summed E-state index contributed by atoms with van der Waals surface area (Å²) in [6, 6.07) is 7.67. The van der Waals surface area contributed by atoms with Crippen molar-refractivity contribution in [3.8, 4) is 11.8 Å². The fraction of sp³-hybridized carbons (Fsp3) is 0.462. The number of ether oxygens (including phenoxy) is 1. The van der Waals surface area contributed by atoms with Crippen LogP contribution in [0.5, 0.6) is 5.75 Å². The fourth-order valence-corrected chi connectivity index (χ4v) is 1.39. The van der Waals surface area contributed by atoms with Crippen LogP contribution in [0.3, 0.4) is 0 Å². The number of nitrogens with one attached hydrogen (secondary N) is 1. The standard InChI is InChI=1S/C13H18N2O/c1-3-6-15-7-8-16-13-5-4-12(10-14)11(2)9-13/h4-5,9,15H,3,6-8H2,1-2H3. The Morgan fingerprint density at radius 2 is 2.19 bits per heavy atom. The van der Waals surface area contributed by atoms with E-state index >= 15 is 0 Å². The second kappa shape index (κ2) is 6.86. The van der Waals surface area contributed by atoms with Gasteiger partial charge in [-0.15, -0.1) is 0 Å². The second-order valence-corrected chi connectivity index (χ2v) is 3.69. The van der Waals surface area contributed by atoms with Crippen molar-refractivity contribution in [3.63, 3.8) is 0 Å². The minimum absolute atomic E-state index is 0.658. The van der Waals surface area contributed by atoms with Crippen LogP contribution in [0.4, 0.5) is 0 Å². The van der Waals surface area contributed by atoms with Crippen LogP contribution in [0.1, 0.15) is 24.5 Å². The average molecular weight is 218 g/mol. The molecule has 3 heteroatoms. The molecule has 1 aromatic rings. The summed E-state index contributed by atoms with van der Waals surface area (Å²) in [7, 11) is 0. The first-order chi connectivity index (χ1) is 7.77. The van der Waals surface area contributed by atoms with E-state index < -0.39 is 0 Å². The van der Waals surface area contributed by atoms with E-state index in [2.05, 4.69) is 18.3 Å². The lowest BCUT2D eigenvalue weighted by Crippen LogP contribution is -2.21. The highest BCUT2D eigenvalue weighted by molar-refractivity contribution is 5.41. The smallest absolute Gasteiger partial charge is 0.119 e. The molecule has 0 saturated heterocycles. The summed E-state index contributed by atoms with van der Waals surface area (Å²) in [4.78, 5) is 0. The average Bonchev–Trinajstić information content (AvgIpc) is 2.29. The van der Waals surface area contributed by atoms with Gasteiger partial charge < -0.3 is 10.1 Å². The maximum atomic E-state index is 8.78. The van der Waals surface area contributed by atoms with Crippen molar-refractivity contribution >= 4 is 0 Å². The molecule has 1 rings (SSSR count). The quantitative estimate of drug-likeness (QED) is 0.745. The zero-order valence-electron chi connectivity index (χ0n) is 9.92. The first-order valence-corrected chi connectivity index (χ1v) is 5.62. The Hall–Kier alpha value is -1.53. The minimum atomic E-state index is 0.658. The van der Waals surface area contributed by atoms with Crippen LogP contribution in [0.25, 0.3) is 0 Å². The van der Waals surface area contributed by atoms with Crippen molar-refractivity contribution in [2.75, 3.05) is 19.7 Å². The highest BCUT2D eigenvalue weighted by atomic mass is 16.5. The largest absolute Gasteiger partial charge is 0.492 e. The molecule has 1 aromatic carbocycles. The molecule has 0 bridgehead atoms. The number of nitriles is 1. The van der Waals surface area contributed by atoms with Crippen molar-refractivity contribution in [2.24, 2.45) is 0 Å². The molecule has 0 aromatic heterocycles. The third-order valence-electron chi connectivity index (χ3n) is 2.29. The third-order valence-corrected chi connectivity index (χ3v) is 2.29. The topological polar surface area (TPSA) is 45.0 Å². The summed E-state index contributed by atoms with van der Waals surface area (Å²) in [5.41, 5.74) is 1.66. The first kappa shape index (κ1) is 12.5. The number of benzene rings is 1. The van der Waals surface area contributed by atoms with Gasteiger partial charge in [0.25, 0.3) is 0 Å². The van der Waals surface area contributed by atoms with Crippen LogP contribution in [0.15, 0.2) is 18.2 Å². The Morgan fingerprint density at radius 3 is 2.81 bits per heavy atom. The number of nitrogens with zero attached hydrogens (tertiary/aromatic N) is 1. The molecular weight excluding hydrogens is 200 g/mol. The number of aryl methyl sites for hydroxylation is 1. The molecule has 0 aliphatic rings. The number of hydrogen-bond acceptors (Lipinski definition) is 3. The highest BCUT2D eigenvalue weighted by Gasteiger charge is 1.99. The molecule has 0 unspecified atom stereocenters. The van der Waals surface area contributed by atoms with Crippen molar-refractivity contribution in [1.29, 1.82) is 5.26 Å². The molecule has 3 nitrogen and oxygen atoms in total. The van der Waals surface area contributed by atoms with Gasteiger partial charge in [0, 0.05) is 6.54 Å². The highest BCUT2D eigenvalue weighted by Crippen LogP contribution is 2.16. The second-order valence-electron chi connectivity index (χ2n) is 3.69. The minimum Gasteiger partial charge on any atom is -0.492 e. The van der Waals surface area contributed by atoms with Crippen LogP contribution in [0, 0.1) is 18.3 Å². The molecule has 86 valence electrons. The van der Waals surface area contributed by atoms with Crippen LogP contribution in [-0.4, -0.2) is 19.7 Å². The van der Waals surface area contributed by atoms with Crippen LogP contribution in [0.2, 0.25) is 0 Å². The predicted octanol–water partition coefficient (Wildman–Crippen LogP) is 2.25.